The first-order valence-electron chi connectivity index (χ1n) is 5.23. The van der Waals surface area contributed by atoms with Crippen molar-refractivity contribution in [3.8, 4) is 6.07 Å². The van der Waals surface area contributed by atoms with Gasteiger partial charge in [0, 0.05) is 32.0 Å². The summed E-state index contributed by atoms with van der Waals surface area (Å²) in [5.74, 6) is 0. The molecule has 0 atom stereocenters. The quantitative estimate of drug-likeness (QED) is 0.775. The Morgan fingerprint density at radius 2 is 2.22 bits per heavy atom. The molecule has 18 heavy (non-hydrogen) atoms. The van der Waals surface area contributed by atoms with Gasteiger partial charge in [-0.15, -0.1) is 0 Å². The monoisotopic (exact) mass is 413 g/mol. The molecule has 0 saturated heterocycles. The summed E-state index contributed by atoms with van der Waals surface area (Å²) >= 11 is 5.76. The Bertz CT molecular complexity index is 607. The van der Waals surface area contributed by atoms with E-state index in [9.17, 15) is 0 Å². The molecule has 90 valence electrons. The normalized spacial score (nSPS) is 9.83. The number of nitrogens with one attached hydrogen (secondary N) is 1. The third kappa shape index (κ3) is 3.21. The van der Waals surface area contributed by atoms with Crippen LogP contribution in [0.5, 0.6) is 0 Å². The SMILES string of the molecule is N#Cc1ncccc1CNc1cc(I)ccc1Br. The minimum Gasteiger partial charge on any atom is -0.380 e. The van der Waals surface area contributed by atoms with Crippen molar-refractivity contribution in [2.75, 3.05) is 5.32 Å². The highest BCUT2D eigenvalue weighted by molar-refractivity contribution is 14.1. The van der Waals surface area contributed by atoms with E-state index in [2.05, 4.69) is 54.9 Å². The van der Waals surface area contributed by atoms with Gasteiger partial charge in [0.15, 0.2) is 0 Å². The van der Waals surface area contributed by atoms with E-state index < -0.39 is 0 Å². The van der Waals surface area contributed by atoms with Crippen molar-refractivity contribution in [2.45, 2.75) is 6.54 Å². The Labute approximate surface area is 128 Å². The molecule has 1 N–H and O–H groups in total. The minimum atomic E-state index is 0.465. The number of hydrogen-bond acceptors (Lipinski definition) is 3. The lowest BCUT2D eigenvalue weighted by Gasteiger charge is -2.09. The zero-order valence-corrected chi connectivity index (χ0v) is 13.1. The predicted octanol–water partition coefficient (Wildman–Crippen LogP) is 3.93. The maximum Gasteiger partial charge on any atom is 0.145 e. The number of hydrogen-bond donors (Lipinski definition) is 1. The third-order valence-corrected chi connectivity index (χ3v) is 3.76. The Balaban J connectivity index is 2.17. The van der Waals surface area contributed by atoms with Gasteiger partial charge in [-0.25, -0.2) is 4.98 Å². The van der Waals surface area contributed by atoms with E-state index in [-0.39, 0.29) is 0 Å². The van der Waals surface area contributed by atoms with Crippen LogP contribution in [0.25, 0.3) is 0 Å². The van der Waals surface area contributed by atoms with Gasteiger partial charge < -0.3 is 5.32 Å². The molecule has 0 fully saturated rings. The summed E-state index contributed by atoms with van der Waals surface area (Å²) in [6.07, 6.45) is 1.63. The standard InChI is InChI=1S/C13H9BrIN3/c14-11-4-3-10(15)6-12(11)18-8-9-2-1-5-17-13(9)7-16/h1-6,18H,8H2. The van der Waals surface area contributed by atoms with Crippen molar-refractivity contribution in [3.05, 3.63) is 55.8 Å². The van der Waals surface area contributed by atoms with Crippen molar-refractivity contribution in [2.24, 2.45) is 0 Å². The molecule has 2 aromatic rings. The van der Waals surface area contributed by atoms with Gasteiger partial charge in [-0.2, -0.15) is 5.26 Å². The Hall–Kier alpha value is -1.13. The molecule has 0 unspecified atom stereocenters. The average molecular weight is 414 g/mol. The summed E-state index contributed by atoms with van der Waals surface area (Å²) in [6.45, 7) is 0.579. The summed E-state index contributed by atoms with van der Waals surface area (Å²) in [5.41, 5.74) is 2.37. The first kappa shape index (κ1) is 13.3. The summed E-state index contributed by atoms with van der Waals surface area (Å²) in [6, 6.07) is 11.9. The van der Waals surface area contributed by atoms with Crippen LogP contribution in [0.4, 0.5) is 5.69 Å². The number of pyridine rings is 1. The van der Waals surface area contributed by atoms with Crippen LogP contribution < -0.4 is 5.32 Å². The first-order chi connectivity index (χ1) is 8.70. The molecular weight excluding hydrogens is 405 g/mol. The van der Waals surface area contributed by atoms with Crippen LogP contribution in [-0.2, 0) is 6.54 Å². The van der Waals surface area contributed by atoms with Gasteiger partial charge in [-0.1, -0.05) is 6.07 Å². The first-order valence-corrected chi connectivity index (χ1v) is 7.11. The lowest BCUT2D eigenvalue weighted by Crippen LogP contribution is -2.03. The second-order valence-corrected chi connectivity index (χ2v) is 5.70. The molecule has 0 saturated carbocycles. The smallest absolute Gasteiger partial charge is 0.145 e. The summed E-state index contributed by atoms with van der Waals surface area (Å²) in [7, 11) is 0. The lowest BCUT2D eigenvalue weighted by molar-refractivity contribution is 1.09. The number of rotatable bonds is 3. The van der Waals surface area contributed by atoms with E-state index in [1.54, 1.807) is 6.20 Å². The van der Waals surface area contributed by atoms with Crippen LogP contribution in [0.1, 0.15) is 11.3 Å². The van der Waals surface area contributed by atoms with Gasteiger partial charge in [0.2, 0.25) is 0 Å². The molecular formula is C13H9BrIN3. The van der Waals surface area contributed by atoms with E-state index in [0.717, 1.165) is 19.3 Å². The van der Waals surface area contributed by atoms with E-state index in [1.807, 2.05) is 30.3 Å². The van der Waals surface area contributed by atoms with Crippen LogP contribution in [-0.4, -0.2) is 4.98 Å². The third-order valence-electron chi connectivity index (χ3n) is 2.39. The highest BCUT2D eigenvalue weighted by atomic mass is 127. The van der Waals surface area contributed by atoms with E-state index in [0.29, 0.717) is 12.2 Å². The van der Waals surface area contributed by atoms with Crippen LogP contribution in [0.15, 0.2) is 41.0 Å². The van der Waals surface area contributed by atoms with Gasteiger partial charge in [0.05, 0.1) is 0 Å². The second kappa shape index (κ2) is 6.16. The molecule has 1 aromatic heterocycles. The zero-order chi connectivity index (χ0) is 13.0. The van der Waals surface area contributed by atoms with E-state index >= 15 is 0 Å². The fourth-order valence-electron chi connectivity index (χ4n) is 1.51. The van der Waals surface area contributed by atoms with Crippen molar-refractivity contribution in [3.63, 3.8) is 0 Å². The molecule has 0 amide bonds. The van der Waals surface area contributed by atoms with Crippen LogP contribution in [0, 0.1) is 14.9 Å². The number of nitriles is 1. The van der Waals surface area contributed by atoms with Crippen LogP contribution in [0.2, 0.25) is 0 Å². The molecule has 2 rings (SSSR count). The fourth-order valence-corrected chi connectivity index (χ4v) is 2.38. The number of nitrogens with zero attached hydrogens (tertiary/aromatic N) is 2. The fraction of sp³-hybridized carbons (Fsp3) is 0.0769. The maximum absolute atomic E-state index is 8.96. The molecule has 5 heteroatoms. The zero-order valence-electron chi connectivity index (χ0n) is 9.32. The highest BCUT2D eigenvalue weighted by Gasteiger charge is 2.04. The van der Waals surface area contributed by atoms with E-state index in [4.69, 9.17) is 5.26 Å². The summed E-state index contributed by atoms with van der Waals surface area (Å²) in [5, 5.41) is 12.3. The van der Waals surface area contributed by atoms with Gasteiger partial charge in [0.25, 0.3) is 0 Å². The molecule has 0 aliphatic rings. The van der Waals surface area contributed by atoms with Crippen molar-refractivity contribution in [1.82, 2.24) is 4.98 Å². The molecule has 0 aliphatic heterocycles. The molecule has 0 radical (unpaired) electrons. The number of benzene rings is 1. The maximum atomic E-state index is 8.96. The number of aromatic nitrogens is 1. The molecule has 0 spiro atoms. The minimum absolute atomic E-state index is 0.465. The Morgan fingerprint density at radius 3 is 3.00 bits per heavy atom. The Kier molecular flexibility index (Phi) is 4.55. The van der Waals surface area contributed by atoms with Gasteiger partial charge in [-0.05, 0) is 62.8 Å². The van der Waals surface area contributed by atoms with Crippen LogP contribution in [0.3, 0.4) is 0 Å². The molecule has 3 nitrogen and oxygen atoms in total. The molecule has 0 bridgehead atoms. The Morgan fingerprint density at radius 1 is 1.39 bits per heavy atom. The predicted molar refractivity (Wildman–Crippen MR) is 83.1 cm³/mol. The van der Waals surface area contributed by atoms with Gasteiger partial charge in [0.1, 0.15) is 11.8 Å². The van der Waals surface area contributed by atoms with Crippen molar-refractivity contribution >= 4 is 44.2 Å². The lowest BCUT2D eigenvalue weighted by atomic mass is 10.2. The second-order valence-electron chi connectivity index (χ2n) is 3.60. The summed E-state index contributed by atoms with van der Waals surface area (Å²) < 4.78 is 2.16. The highest BCUT2D eigenvalue weighted by Crippen LogP contribution is 2.25. The van der Waals surface area contributed by atoms with Gasteiger partial charge in [-0.3, -0.25) is 0 Å². The average Bonchev–Trinajstić information content (AvgIpc) is 2.40. The van der Waals surface area contributed by atoms with Crippen molar-refractivity contribution in [1.29, 1.82) is 5.26 Å². The molecule has 0 aliphatic carbocycles. The van der Waals surface area contributed by atoms with Crippen molar-refractivity contribution < 1.29 is 0 Å². The number of anilines is 1. The van der Waals surface area contributed by atoms with E-state index in [1.165, 1.54) is 0 Å². The molecule has 1 heterocycles. The summed E-state index contributed by atoms with van der Waals surface area (Å²) in [4.78, 5) is 4.04. The largest absolute Gasteiger partial charge is 0.380 e. The topological polar surface area (TPSA) is 48.7 Å². The van der Waals surface area contributed by atoms with Crippen LogP contribution >= 0.6 is 38.5 Å². The number of halogens is 2. The molecule has 1 aromatic carbocycles. The van der Waals surface area contributed by atoms with Gasteiger partial charge >= 0.3 is 0 Å².